The normalized spacial score (nSPS) is 11.8. The fourth-order valence-electron chi connectivity index (χ4n) is 1.45. The number of nitrogens with one attached hydrogen (secondary N) is 2. The number of ketones is 1. The van der Waals surface area contributed by atoms with Gasteiger partial charge in [-0.15, -0.1) is 0 Å². The zero-order chi connectivity index (χ0) is 13.9. The molecule has 18 heavy (non-hydrogen) atoms. The zero-order valence-electron chi connectivity index (χ0n) is 10.8. The van der Waals surface area contributed by atoms with E-state index in [0.717, 1.165) is 0 Å². The van der Waals surface area contributed by atoms with Crippen molar-refractivity contribution in [3.63, 3.8) is 0 Å². The predicted octanol–water partition coefficient (Wildman–Crippen LogP) is 0.411. The summed E-state index contributed by atoms with van der Waals surface area (Å²) < 4.78 is 1.55. The van der Waals surface area contributed by atoms with Gasteiger partial charge in [-0.25, -0.2) is 9.78 Å². The van der Waals surface area contributed by atoms with E-state index in [1.165, 1.54) is 20.2 Å². The van der Waals surface area contributed by atoms with E-state index in [2.05, 4.69) is 15.6 Å². The van der Waals surface area contributed by atoms with Gasteiger partial charge < -0.3 is 9.88 Å². The third-order valence-electron chi connectivity index (χ3n) is 2.54. The summed E-state index contributed by atoms with van der Waals surface area (Å²) in [5, 5.41) is 4.46. The van der Waals surface area contributed by atoms with Gasteiger partial charge in [-0.05, 0) is 13.8 Å². The van der Waals surface area contributed by atoms with Crippen LogP contribution in [0.5, 0.6) is 0 Å². The van der Waals surface area contributed by atoms with E-state index in [1.807, 2.05) is 0 Å². The Bertz CT molecular complexity index is 492. The second kappa shape index (κ2) is 5.44. The van der Waals surface area contributed by atoms with E-state index in [4.69, 9.17) is 0 Å². The van der Waals surface area contributed by atoms with E-state index >= 15 is 0 Å². The molecule has 0 aliphatic rings. The van der Waals surface area contributed by atoms with Crippen LogP contribution < -0.4 is 10.6 Å². The highest BCUT2D eigenvalue weighted by atomic mass is 16.2. The molecule has 1 heterocycles. The maximum atomic E-state index is 11.7. The average molecular weight is 252 g/mol. The minimum Gasteiger partial charge on any atom is -0.341 e. The van der Waals surface area contributed by atoms with Crippen LogP contribution in [0, 0.1) is 6.92 Å². The van der Waals surface area contributed by atoms with E-state index in [1.54, 1.807) is 18.4 Å². The number of Topliss-reactive ketones (excluding diaryl/α,β-unsaturated/α-hetero) is 1. The van der Waals surface area contributed by atoms with Crippen molar-refractivity contribution in [3.05, 3.63) is 17.7 Å². The lowest BCUT2D eigenvalue weighted by atomic mass is 10.3. The maximum Gasteiger partial charge on any atom is 0.321 e. The first-order valence-electron chi connectivity index (χ1n) is 5.45. The summed E-state index contributed by atoms with van der Waals surface area (Å²) in [4.78, 5) is 38.0. The number of aromatic nitrogens is 2. The second-order valence-corrected chi connectivity index (χ2v) is 3.88. The highest BCUT2D eigenvalue weighted by molar-refractivity contribution is 5.96. The van der Waals surface area contributed by atoms with Crippen LogP contribution in [-0.4, -0.2) is 34.3 Å². The SMILES string of the molecule is CNC(=O)NC(=O)C(C)n1cc(C(C)=O)nc1C. The molecule has 3 amide bonds. The summed E-state index contributed by atoms with van der Waals surface area (Å²) in [6.07, 6.45) is 1.51. The monoisotopic (exact) mass is 252 g/mol. The molecule has 1 atom stereocenters. The van der Waals surface area contributed by atoms with Crippen LogP contribution in [0.25, 0.3) is 0 Å². The van der Waals surface area contributed by atoms with Crippen molar-refractivity contribution in [2.24, 2.45) is 0 Å². The molecule has 0 aromatic carbocycles. The molecule has 7 heteroatoms. The van der Waals surface area contributed by atoms with Gasteiger partial charge in [0.2, 0.25) is 0 Å². The minimum absolute atomic E-state index is 0.171. The van der Waals surface area contributed by atoms with E-state index in [9.17, 15) is 14.4 Å². The van der Waals surface area contributed by atoms with Gasteiger partial charge in [-0.1, -0.05) is 0 Å². The third kappa shape index (κ3) is 2.93. The fraction of sp³-hybridized carbons (Fsp3) is 0.455. The Morgan fingerprint density at radius 3 is 2.44 bits per heavy atom. The first-order valence-corrected chi connectivity index (χ1v) is 5.45. The molecule has 7 nitrogen and oxygen atoms in total. The number of urea groups is 1. The molecule has 1 rings (SSSR count). The van der Waals surface area contributed by atoms with Gasteiger partial charge in [-0.3, -0.25) is 14.9 Å². The van der Waals surface area contributed by atoms with Gasteiger partial charge >= 0.3 is 6.03 Å². The molecule has 1 aromatic rings. The zero-order valence-corrected chi connectivity index (χ0v) is 10.8. The summed E-state index contributed by atoms with van der Waals surface area (Å²) >= 11 is 0. The molecule has 0 spiro atoms. The van der Waals surface area contributed by atoms with Crippen LogP contribution in [-0.2, 0) is 4.79 Å². The Morgan fingerprint density at radius 1 is 1.39 bits per heavy atom. The number of carbonyl (C=O) groups excluding carboxylic acids is 3. The Kier molecular flexibility index (Phi) is 4.19. The van der Waals surface area contributed by atoms with Crippen molar-refractivity contribution in [1.29, 1.82) is 0 Å². The summed E-state index contributed by atoms with van der Waals surface area (Å²) in [6, 6.07) is -1.20. The molecular formula is C11H16N4O3. The maximum absolute atomic E-state index is 11.7. The number of aryl methyl sites for hydroxylation is 1. The van der Waals surface area contributed by atoms with Crippen LogP contribution in [0.1, 0.15) is 36.2 Å². The Balaban J connectivity index is 2.89. The van der Waals surface area contributed by atoms with Crippen LogP contribution in [0.2, 0.25) is 0 Å². The first kappa shape index (κ1) is 13.9. The topological polar surface area (TPSA) is 93.1 Å². The molecule has 0 saturated carbocycles. The van der Waals surface area contributed by atoms with Crippen LogP contribution in [0.3, 0.4) is 0 Å². The second-order valence-electron chi connectivity index (χ2n) is 3.88. The number of hydrogen-bond donors (Lipinski definition) is 2. The van der Waals surface area contributed by atoms with E-state index in [0.29, 0.717) is 11.5 Å². The Hall–Kier alpha value is -2.18. The average Bonchev–Trinajstić information content (AvgIpc) is 2.70. The standard InChI is InChI=1S/C11H16N4O3/c1-6(10(17)14-11(18)12-4)15-5-9(7(2)16)13-8(15)3/h5-6H,1-4H3,(H2,12,14,17,18). The van der Waals surface area contributed by atoms with Crippen molar-refractivity contribution < 1.29 is 14.4 Å². The number of imide groups is 1. The number of imidazole rings is 1. The molecule has 0 fully saturated rings. The first-order chi connectivity index (χ1) is 8.36. The number of hydrogen-bond acceptors (Lipinski definition) is 4. The molecule has 1 aromatic heterocycles. The van der Waals surface area contributed by atoms with Crippen molar-refractivity contribution in [2.45, 2.75) is 26.8 Å². The molecule has 98 valence electrons. The predicted molar refractivity (Wildman–Crippen MR) is 64.3 cm³/mol. The van der Waals surface area contributed by atoms with Gasteiger partial charge in [0, 0.05) is 20.2 Å². The van der Waals surface area contributed by atoms with Crippen molar-refractivity contribution >= 4 is 17.7 Å². The molecular weight excluding hydrogens is 236 g/mol. The lowest BCUT2D eigenvalue weighted by molar-refractivity contribution is -0.122. The van der Waals surface area contributed by atoms with Gasteiger partial charge in [0.05, 0.1) is 0 Å². The van der Waals surface area contributed by atoms with Crippen LogP contribution >= 0.6 is 0 Å². The molecule has 1 unspecified atom stereocenters. The van der Waals surface area contributed by atoms with Crippen LogP contribution in [0.15, 0.2) is 6.20 Å². The lowest BCUT2D eigenvalue weighted by Gasteiger charge is -2.13. The number of amides is 3. The van der Waals surface area contributed by atoms with Crippen molar-refractivity contribution in [3.8, 4) is 0 Å². The highest BCUT2D eigenvalue weighted by Crippen LogP contribution is 2.12. The van der Waals surface area contributed by atoms with Gasteiger partial charge in [0.1, 0.15) is 17.6 Å². The van der Waals surface area contributed by atoms with E-state index in [-0.39, 0.29) is 5.78 Å². The summed E-state index contributed by atoms with van der Waals surface area (Å²) in [5.41, 5.74) is 0.298. The largest absolute Gasteiger partial charge is 0.341 e. The van der Waals surface area contributed by atoms with Gasteiger partial charge in [0.25, 0.3) is 5.91 Å². The molecule has 0 bridgehead atoms. The van der Waals surface area contributed by atoms with Crippen LogP contribution in [0.4, 0.5) is 4.79 Å². The Labute approximate surface area is 105 Å². The Morgan fingerprint density at radius 2 is 2.00 bits per heavy atom. The molecule has 0 aliphatic carbocycles. The smallest absolute Gasteiger partial charge is 0.321 e. The lowest BCUT2D eigenvalue weighted by Crippen LogP contribution is -2.40. The molecule has 2 N–H and O–H groups in total. The van der Waals surface area contributed by atoms with Gasteiger partial charge in [0.15, 0.2) is 5.78 Å². The number of nitrogens with zero attached hydrogens (tertiary/aromatic N) is 2. The third-order valence-corrected chi connectivity index (χ3v) is 2.54. The molecule has 0 radical (unpaired) electrons. The van der Waals surface area contributed by atoms with Gasteiger partial charge in [-0.2, -0.15) is 0 Å². The quantitative estimate of drug-likeness (QED) is 0.762. The summed E-state index contributed by atoms with van der Waals surface area (Å²) in [7, 11) is 1.42. The number of rotatable bonds is 3. The fourth-order valence-corrected chi connectivity index (χ4v) is 1.45. The summed E-state index contributed by atoms with van der Waals surface area (Å²) in [6.45, 7) is 4.72. The summed E-state index contributed by atoms with van der Waals surface area (Å²) in [5.74, 6) is -0.0968. The highest BCUT2D eigenvalue weighted by Gasteiger charge is 2.20. The number of carbonyl (C=O) groups is 3. The van der Waals surface area contributed by atoms with E-state index < -0.39 is 18.0 Å². The van der Waals surface area contributed by atoms with Crippen molar-refractivity contribution in [1.82, 2.24) is 20.2 Å². The van der Waals surface area contributed by atoms with Crippen molar-refractivity contribution in [2.75, 3.05) is 7.05 Å². The molecule has 0 saturated heterocycles. The molecule has 0 aliphatic heterocycles. The minimum atomic E-state index is -0.622.